The van der Waals surface area contributed by atoms with Gasteiger partial charge in [0.25, 0.3) is 0 Å². The quantitative estimate of drug-likeness (QED) is 0.478. The van der Waals surface area contributed by atoms with Crippen molar-refractivity contribution in [3.8, 4) is 0 Å². The molecule has 0 N–H and O–H groups in total. The Morgan fingerprint density at radius 2 is 1.48 bits per heavy atom. The maximum atomic E-state index is 2.29. The number of hydrogen-bond acceptors (Lipinski definition) is 1. The average Bonchev–Trinajstić information content (AvgIpc) is 3.26. The maximum Gasteiger partial charge on any atom is 0.0270 e. The molecule has 0 amide bonds. The molecule has 1 heteroatoms. The number of thiophene rings is 1. The van der Waals surface area contributed by atoms with Gasteiger partial charge in [0, 0.05) is 4.88 Å². The summed E-state index contributed by atoms with van der Waals surface area (Å²) in [4.78, 5) is 1.28. The van der Waals surface area contributed by atoms with Gasteiger partial charge in [-0.2, -0.15) is 0 Å². The van der Waals surface area contributed by atoms with Gasteiger partial charge in [-0.15, -0.1) is 11.3 Å². The Bertz CT molecular complexity index is 980. The third kappa shape index (κ3) is 2.92. The standard InChI is InChI=1S/C24H20S/c1-17(2)23-20-12-6-7-13-21(20)24(18-9-4-3-5-10-18)22(23)15-14-19-11-8-16-25-19/h3-16H,1-2H3/b15-14+. The molecule has 0 unspecified atom stereocenters. The summed E-state index contributed by atoms with van der Waals surface area (Å²) in [6, 6.07) is 23.7. The lowest BCUT2D eigenvalue weighted by molar-refractivity contribution is 1.39. The van der Waals surface area contributed by atoms with Gasteiger partial charge in [-0.25, -0.2) is 0 Å². The number of fused-ring (bicyclic) bond motifs is 1. The Morgan fingerprint density at radius 3 is 2.16 bits per heavy atom. The molecule has 1 heterocycles. The third-order valence-electron chi connectivity index (χ3n) is 4.52. The highest BCUT2D eigenvalue weighted by Crippen LogP contribution is 2.46. The zero-order valence-corrected chi connectivity index (χ0v) is 15.3. The van der Waals surface area contributed by atoms with Crippen LogP contribution in [0.2, 0.25) is 0 Å². The van der Waals surface area contributed by atoms with Crippen molar-refractivity contribution in [2.45, 2.75) is 13.8 Å². The molecule has 1 aromatic heterocycles. The molecule has 4 rings (SSSR count). The van der Waals surface area contributed by atoms with Crippen LogP contribution in [0.4, 0.5) is 0 Å². The Balaban J connectivity index is 1.98. The van der Waals surface area contributed by atoms with E-state index >= 15 is 0 Å². The van der Waals surface area contributed by atoms with Crippen LogP contribution in [0, 0.1) is 0 Å². The molecule has 0 fully saturated rings. The zero-order valence-electron chi connectivity index (χ0n) is 14.5. The van der Waals surface area contributed by atoms with Gasteiger partial charge in [-0.3, -0.25) is 0 Å². The molecular weight excluding hydrogens is 320 g/mol. The second-order valence-electron chi connectivity index (χ2n) is 6.42. The molecule has 3 aromatic rings. The molecule has 0 saturated heterocycles. The van der Waals surface area contributed by atoms with Crippen LogP contribution in [0.15, 0.2) is 89.3 Å². The average molecular weight is 340 g/mol. The summed E-state index contributed by atoms with van der Waals surface area (Å²) in [5.74, 6) is 0. The van der Waals surface area contributed by atoms with Gasteiger partial charge >= 0.3 is 0 Å². The number of rotatable bonds is 3. The van der Waals surface area contributed by atoms with E-state index in [9.17, 15) is 0 Å². The van der Waals surface area contributed by atoms with Gasteiger partial charge in [0.1, 0.15) is 0 Å². The second-order valence-corrected chi connectivity index (χ2v) is 7.40. The molecule has 122 valence electrons. The van der Waals surface area contributed by atoms with Crippen LogP contribution >= 0.6 is 11.3 Å². The van der Waals surface area contributed by atoms with Crippen molar-refractivity contribution in [1.82, 2.24) is 0 Å². The van der Waals surface area contributed by atoms with E-state index in [0.29, 0.717) is 0 Å². The largest absolute Gasteiger partial charge is 0.144 e. The first-order valence-corrected chi connectivity index (χ1v) is 9.42. The Kier molecular flexibility index (Phi) is 4.25. The first-order valence-electron chi connectivity index (χ1n) is 8.54. The van der Waals surface area contributed by atoms with Crippen molar-refractivity contribution in [2.24, 2.45) is 0 Å². The Labute approximate surface area is 153 Å². The monoisotopic (exact) mass is 340 g/mol. The van der Waals surface area contributed by atoms with Crippen molar-refractivity contribution in [3.05, 3.63) is 111 Å². The molecule has 0 spiro atoms. The molecule has 0 radical (unpaired) electrons. The summed E-state index contributed by atoms with van der Waals surface area (Å²) in [6.45, 7) is 4.41. The van der Waals surface area contributed by atoms with E-state index in [2.05, 4.69) is 98.1 Å². The highest BCUT2D eigenvalue weighted by atomic mass is 32.1. The fourth-order valence-corrected chi connectivity index (χ4v) is 4.13. The van der Waals surface area contributed by atoms with E-state index in [0.717, 1.165) is 0 Å². The zero-order chi connectivity index (χ0) is 17.2. The predicted molar refractivity (Wildman–Crippen MR) is 111 cm³/mol. The van der Waals surface area contributed by atoms with Crippen LogP contribution in [-0.4, -0.2) is 0 Å². The summed E-state index contributed by atoms with van der Waals surface area (Å²) >= 11 is 1.77. The molecule has 0 nitrogen and oxygen atoms in total. The summed E-state index contributed by atoms with van der Waals surface area (Å²) in [5, 5.41) is 2.12. The summed E-state index contributed by atoms with van der Waals surface area (Å²) in [5.41, 5.74) is 9.31. The normalized spacial score (nSPS) is 13.6. The minimum Gasteiger partial charge on any atom is -0.144 e. The van der Waals surface area contributed by atoms with Gasteiger partial charge < -0.3 is 0 Å². The lowest BCUT2D eigenvalue weighted by atomic mass is 9.96. The van der Waals surface area contributed by atoms with Gasteiger partial charge in [0.05, 0.1) is 0 Å². The molecule has 0 saturated carbocycles. The van der Waals surface area contributed by atoms with Crippen molar-refractivity contribution >= 4 is 28.6 Å². The minimum atomic E-state index is 1.28. The van der Waals surface area contributed by atoms with Gasteiger partial charge in [0.2, 0.25) is 0 Å². The topological polar surface area (TPSA) is 0 Å². The summed E-state index contributed by atoms with van der Waals surface area (Å²) in [7, 11) is 0. The fourth-order valence-electron chi connectivity index (χ4n) is 3.51. The molecular formula is C24H20S. The van der Waals surface area contributed by atoms with E-state index in [1.165, 1.54) is 43.9 Å². The minimum absolute atomic E-state index is 1.28. The Hall–Kier alpha value is -2.64. The molecule has 0 atom stereocenters. The predicted octanol–water partition coefficient (Wildman–Crippen LogP) is 7.07. The highest BCUT2D eigenvalue weighted by Gasteiger charge is 2.26. The van der Waals surface area contributed by atoms with E-state index in [-0.39, 0.29) is 0 Å². The molecule has 0 bridgehead atoms. The van der Waals surface area contributed by atoms with Crippen LogP contribution in [-0.2, 0) is 0 Å². The van der Waals surface area contributed by atoms with Gasteiger partial charge in [-0.05, 0) is 64.8 Å². The van der Waals surface area contributed by atoms with E-state index in [4.69, 9.17) is 0 Å². The van der Waals surface area contributed by atoms with Crippen LogP contribution in [0.25, 0.3) is 17.2 Å². The van der Waals surface area contributed by atoms with Crippen LogP contribution in [0.1, 0.15) is 35.4 Å². The SMILES string of the molecule is CC(C)=C1C(/C=C/c2cccs2)=C(c2ccccc2)c2ccccc21. The van der Waals surface area contributed by atoms with Gasteiger partial charge in [0.15, 0.2) is 0 Å². The van der Waals surface area contributed by atoms with Crippen molar-refractivity contribution in [3.63, 3.8) is 0 Å². The first-order chi connectivity index (χ1) is 12.3. The van der Waals surface area contributed by atoms with Crippen molar-refractivity contribution < 1.29 is 0 Å². The number of allylic oxidation sites excluding steroid dienone is 4. The lowest BCUT2D eigenvalue weighted by Gasteiger charge is -2.07. The van der Waals surface area contributed by atoms with E-state index in [1.54, 1.807) is 11.3 Å². The molecule has 2 aromatic carbocycles. The molecule has 1 aliphatic carbocycles. The van der Waals surface area contributed by atoms with E-state index < -0.39 is 0 Å². The third-order valence-corrected chi connectivity index (χ3v) is 5.36. The maximum absolute atomic E-state index is 2.29. The summed E-state index contributed by atoms with van der Waals surface area (Å²) < 4.78 is 0. The molecule has 0 aliphatic heterocycles. The number of benzene rings is 2. The van der Waals surface area contributed by atoms with Crippen LogP contribution in [0.5, 0.6) is 0 Å². The highest BCUT2D eigenvalue weighted by molar-refractivity contribution is 7.10. The summed E-state index contributed by atoms with van der Waals surface area (Å²) in [6.07, 6.45) is 4.52. The van der Waals surface area contributed by atoms with Crippen LogP contribution in [0.3, 0.4) is 0 Å². The molecule has 25 heavy (non-hydrogen) atoms. The second kappa shape index (κ2) is 6.70. The van der Waals surface area contributed by atoms with Crippen LogP contribution < -0.4 is 0 Å². The number of hydrogen-bond donors (Lipinski definition) is 0. The van der Waals surface area contributed by atoms with E-state index in [1.807, 2.05) is 0 Å². The van der Waals surface area contributed by atoms with Gasteiger partial charge in [-0.1, -0.05) is 72.3 Å². The fraction of sp³-hybridized carbons (Fsp3) is 0.0833. The molecule has 1 aliphatic rings. The Morgan fingerprint density at radius 1 is 0.760 bits per heavy atom. The van der Waals surface area contributed by atoms with Crippen molar-refractivity contribution in [2.75, 3.05) is 0 Å². The van der Waals surface area contributed by atoms with Crippen molar-refractivity contribution in [1.29, 1.82) is 0 Å². The smallest absolute Gasteiger partial charge is 0.0270 e. The first kappa shape index (κ1) is 15.9. The lowest BCUT2D eigenvalue weighted by Crippen LogP contribution is -1.86.